The first kappa shape index (κ1) is 13.5. The van der Waals surface area contributed by atoms with E-state index in [4.69, 9.17) is 19.2 Å². The first-order chi connectivity index (χ1) is 9.46. The van der Waals surface area contributed by atoms with Gasteiger partial charge in [-0.25, -0.2) is 9.78 Å². The van der Waals surface area contributed by atoms with Crippen molar-refractivity contribution in [3.05, 3.63) is 0 Å². The van der Waals surface area contributed by atoms with Gasteiger partial charge in [0.2, 0.25) is 5.79 Å². The van der Waals surface area contributed by atoms with E-state index in [-0.39, 0.29) is 11.8 Å². The molecule has 0 aromatic heterocycles. The maximum atomic E-state index is 10.2. The van der Waals surface area contributed by atoms with Gasteiger partial charge in [0.05, 0.1) is 0 Å². The maximum absolute atomic E-state index is 10.2. The second-order valence-electron chi connectivity index (χ2n) is 7.30. The van der Waals surface area contributed by atoms with Crippen LogP contribution in [0.2, 0.25) is 0 Å². The molecule has 0 aromatic rings. The number of hydrogen-bond acceptors (Lipinski definition) is 5. The highest BCUT2D eigenvalue weighted by atomic mass is 17.3. The zero-order chi connectivity index (χ0) is 14.1. The SMILES string of the molecule is C[C@@H]1CC[C@H]2[C@@H](C)C(O)O[C@@H]3O[C@]4(C)CC[C@@H]1C32OO4. The van der Waals surface area contributed by atoms with Crippen molar-refractivity contribution in [2.45, 2.75) is 70.4 Å². The molecule has 1 N–H and O–H groups in total. The van der Waals surface area contributed by atoms with E-state index in [1.165, 1.54) is 6.42 Å². The van der Waals surface area contributed by atoms with E-state index < -0.39 is 24.0 Å². The van der Waals surface area contributed by atoms with Crippen LogP contribution < -0.4 is 0 Å². The fraction of sp³-hybridized carbons (Fsp3) is 1.00. The van der Waals surface area contributed by atoms with Crippen molar-refractivity contribution in [2.24, 2.45) is 23.7 Å². The highest BCUT2D eigenvalue weighted by Crippen LogP contribution is 2.60. The lowest BCUT2D eigenvalue weighted by Crippen LogP contribution is -2.70. The van der Waals surface area contributed by atoms with E-state index >= 15 is 0 Å². The van der Waals surface area contributed by atoms with E-state index in [9.17, 15) is 5.11 Å². The van der Waals surface area contributed by atoms with Gasteiger partial charge in [-0.2, -0.15) is 0 Å². The Hall–Kier alpha value is -0.200. The number of fused-ring (bicyclic) bond motifs is 2. The summed E-state index contributed by atoms with van der Waals surface area (Å²) in [6, 6.07) is 0. The molecule has 4 heterocycles. The molecule has 5 fully saturated rings. The summed E-state index contributed by atoms with van der Waals surface area (Å²) in [5.74, 6) is 0.437. The maximum Gasteiger partial charge on any atom is 0.201 e. The Morgan fingerprint density at radius 2 is 1.85 bits per heavy atom. The van der Waals surface area contributed by atoms with Crippen molar-refractivity contribution in [2.75, 3.05) is 0 Å². The number of aliphatic hydroxyl groups is 1. The highest BCUT2D eigenvalue weighted by Gasteiger charge is 2.69. The van der Waals surface area contributed by atoms with Crippen LogP contribution in [0.15, 0.2) is 0 Å². The quantitative estimate of drug-likeness (QED) is 0.691. The molecule has 5 aliphatic rings. The minimum atomic E-state index is -0.781. The molecule has 1 spiro atoms. The zero-order valence-electron chi connectivity index (χ0n) is 12.4. The zero-order valence-corrected chi connectivity index (χ0v) is 12.4. The average Bonchev–Trinajstić information content (AvgIpc) is 2.63. The molecule has 5 nitrogen and oxygen atoms in total. The number of ether oxygens (including phenoxy) is 2. The van der Waals surface area contributed by atoms with Gasteiger partial charge < -0.3 is 14.6 Å². The largest absolute Gasteiger partial charge is 0.368 e. The monoisotopic (exact) mass is 284 g/mol. The summed E-state index contributed by atoms with van der Waals surface area (Å²) in [6.45, 7) is 6.22. The Bertz CT molecular complexity index is 411. The van der Waals surface area contributed by atoms with Crippen molar-refractivity contribution < 1.29 is 24.4 Å². The molecule has 114 valence electrons. The summed E-state index contributed by atoms with van der Waals surface area (Å²) in [5, 5.41) is 10.2. The first-order valence-corrected chi connectivity index (χ1v) is 7.84. The van der Waals surface area contributed by atoms with Gasteiger partial charge in [0.1, 0.15) is 0 Å². The Balaban J connectivity index is 1.82. The smallest absolute Gasteiger partial charge is 0.201 e. The molecule has 20 heavy (non-hydrogen) atoms. The lowest BCUT2D eigenvalue weighted by Gasteiger charge is -2.59. The lowest BCUT2D eigenvalue weighted by molar-refractivity contribution is -0.576. The van der Waals surface area contributed by atoms with Crippen molar-refractivity contribution in [3.63, 3.8) is 0 Å². The van der Waals surface area contributed by atoms with E-state index in [0.717, 1.165) is 19.3 Å². The molecule has 0 amide bonds. The second kappa shape index (κ2) is 4.17. The molecule has 8 atom stereocenters. The predicted molar refractivity (Wildman–Crippen MR) is 69.0 cm³/mol. The van der Waals surface area contributed by atoms with Crippen LogP contribution in [0.1, 0.15) is 46.5 Å². The second-order valence-corrected chi connectivity index (χ2v) is 7.30. The lowest BCUT2D eigenvalue weighted by atomic mass is 9.58. The molecule has 5 heteroatoms. The van der Waals surface area contributed by atoms with Crippen LogP contribution in [0.3, 0.4) is 0 Å². The van der Waals surface area contributed by atoms with Crippen molar-refractivity contribution >= 4 is 0 Å². The van der Waals surface area contributed by atoms with Crippen LogP contribution in [-0.4, -0.2) is 29.1 Å². The molecule has 0 radical (unpaired) electrons. The van der Waals surface area contributed by atoms with Gasteiger partial charge in [-0.1, -0.05) is 13.8 Å². The number of aliphatic hydroxyl groups excluding tert-OH is 1. The predicted octanol–water partition coefficient (Wildman–Crippen LogP) is 2.19. The van der Waals surface area contributed by atoms with Crippen molar-refractivity contribution in [3.8, 4) is 0 Å². The fourth-order valence-corrected chi connectivity index (χ4v) is 4.89. The topological polar surface area (TPSA) is 57.2 Å². The molecule has 1 aliphatic carbocycles. The molecular formula is C15H24O5. The van der Waals surface area contributed by atoms with Crippen LogP contribution in [0.4, 0.5) is 0 Å². The van der Waals surface area contributed by atoms with Gasteiger partial charge in [0.15, 0.2) is 18.2 Å². The van der Waals surface area contributed by atoms with Gasteiger partial charge >= 0.3 is 0 Å². The summed E-state index contributed by atoms with van der Waals surface area (Å²) < 4.78 is 11.9. The van der Waals surface area contributed by atoms with Gasteiger partial charge in [0.25, 0.3) is 0 Å². The van der Waals surface area contributed by atoms with E-state index in [1.807, 2.05) is 13.8 Å². The van der Waals surface area contributed by atoms with Crippen LogP contribution in [0.25, 0.3) is 0 Å². The average molecular weight is 284 g/mol. The molecular weight excluding hydrogens is 260 g/mol. The van der Waals surface area contributed by atoms with Crippen LogP contribution in [-0.2, 0) is 19.2 Å². The third-order valence-electron chi connectivity index (χ3n) is 6.12. The summed E-state index contributed by atoms with van der Waals surface area (Å²) in [5.41, 5.74) is -0.549. The number of rotatable bonds is 0. The van der Waals surface area contributed by atoms with E-state index in [1.54, 1.807) is 0 Å². The van der Waals surface area contributed by atoms with Gasteiger partial charge in [-0.3, -0.25) is 0 Å². The summed E-state index contributed by atoms with van der Waals surface area (Å²) >= 11 is 0. The van der Waals surface area contributed by atoms with Gasteiger partial charge in [0, 0.05) is 18.3 Å². The number of hydrogen-bond donors (Lipinski definition) is 1. The van der Waals surface area contributed by atoms with Crippen molar-refractivity contribution in [1.82, 2.24) is 0 Å². The Kier molecular flexibility index (Phi) is 2.81. The van der Waals surface area contributed by atoms with Gasteiger partial charge in [-0.15, -0.1) is 0 Å². The minimum Gasteiger partial charge on any atom is -0.368 e. The summed E-state index contributed by atoms with van der Waals surface area (Å²) in [4.78, 5) is 11.6. The molecule has 5 rings (SSSR count). The summed E-state index contributed by atoms with van der Waals surface area (Å²) in [6.07, 6.45) is 2.72. The fourth-order valence-electron chi connectivity index (χ4n) is 4.89. The molecule has 0 aromatic carbocycles. The third-order valence-corrected chi connectivity index (χ3v) is 6.12. The highest BCUT2D eigenvalue weighted by molar-refractivity contribution is 5.08. The third kappa shape index (κ3) is 1.56. The van der Waals surface area contributed by atoms with Gasteiger partial charge in [-0.05, 0) is 38.0 Å². The Morgan fingerprint density at radius 1 is 1.05 bits per heavy atom. The molecule has 4 saturated heterocycles. The van der Waals surface area contributed by atoms with Crippen molar-refractivity contribution in [1.29, 1.82) is 0 Å². The Labute approximate surface area is 119 Å². The Morgan fingerprint density at radius 3 is 2.65 bits per heavy atom. The molecule has 2 bridgehead atoms. The van der Waals surface area contributed by atoms with Crippen LogP contribution in [0, 0.1) is 23.7 Å². The summed E-state index contributed by atoms with van der Waals surface area (Å²) in [7, 11) is 0. The normalized spacial score (nSPS) is 61.8. The molecule has 1 saturated carbocycles. The first-order valence-electron chi connectivity index (χ1n) is 7.84. The van der Waals surface area contributed by atoms with Crippen LogP contribution in [0.5, 0.6) is 0 Å². The van der Waals surface area contributed by atoms with E-state index in [0.29, 0.717) is 11.8 Å². The molecule has 4 aliphatic heterocycles. The molecule has 2 unspecified atom stereocenters. The van der Waals surface area contributed by atoms with E-state index in [2.05, 4.69) is 6.92 Å². The van der Waals surface area contributed by atoms with Crippen LogP contribution >= 0.6 is 0 Å². The standard InChI is InChI=1S/C15H24O5/c1-8-4-5-11-9(2)12(16)17-13-15(11)10(8)6-7-14(3,18-13)19-20-15/h8-13,16H,4-7H2,1-3H3/t8-,9-,10+,11+,12?,13-,14+,15?/m1/s1. The minimum absolute atomic E-state index is 0.0379.